The number of carbonyl (C=O) groups excluding carboxylic acids is 1. The first kappa shape index (κ1) is 16.8. The number of carbonyl (C=O) groups is 2. The van der Waals surface area contributed by atoms with E-state index in [1.165, 1.54) is 13.8 Å². The summed E-state index contributed by atoms with van der Waals surface area (Å²) < 4.78 is 5.10. The number of amides is 1. The Morgan fingerprint density at radius 2 is 1.76 bits per heavy atom. The third kappa shape index (κ3) is 4.34. The van der Waals surface area contributed by atoms with Gasteiger partial charge in [0.25, 0.3) is 0 Å². The average Bonchev–Trinajstić information content (AvgIpc) is 2.50. The van der Waals surface area contributed by atoms with Gasteiger partial charge in [0.1, 0.15) is 5.75 Å². The number of carboxylic acid groups (broad SMARTS) is 1. The Bertz CT molecular complexity index is 546. The monoisotopic (exact) mass is 291 g/mol. The minimum Gasteiger partial charge on any atom is -0.497 e. The molecule has 0 aliphatic carbocycles. The maximum atomic E-state index is 12.1. The Hall–Kier alpha value is -2.30. The molecule has 1 unspecified atom stereocenters. The van der Waals surface area contributed by atoms with Crippen LogP contribution in [0.15, 0.2) is 35.4 Å². The molecule has 0 aliphatic heterocycles. The summed E-state index contributed by atoms with van der Waals surface area (Å²) >= 11 is 0. The first-order valence-electron chi connectivity index (χ1n) is 6.76. The van der Waals surface area contributed by atoms with Gasteiger partial charge in [0.15, 0.2) is 0 Å². The molecule has 0 radical (unpaired) electrons. The minimum absolute atomic E-state index is 0.0529. The van der Waals surface area contributed by atoms with Gasteiger partial charge in [-0.15, -0.1) is 0 Å². The normalized spacial score (nSPS) is 13.1. The van der Waals surface area contributed by atoms with Crippen LogP contribution in [0, 0.1) is 0 Å². The quantitative estimate of drug-likeness (QED) is 0.790. The van der Waals surface area contributed by atoms with Crippen molar-refractivity contribution < 1.29 is 19.4 Å². The molecule has 1 atom stereocenters. The van der Waals surface area contributed by atoms with Gasteiger partial charge in [-0.2, -0.15) is 0 Å². The SMILES string of the molecule is CCC(NC(=O)C(C)=C(C)C(=O)O)c1ccc(OC)cc1. The second kappa shape index (κ2) is 7.47. The van der Waals surface area contributed by atoms with Crippen molar-refractivity contribution in [3.05, 3.63) is 41.0 Å². The van der Waals surface area contributed by atoms with Gasteiger partial charge in [0.05, 0.1) is 13.2 Å². The molecule has 0 spiro atoms. The molecule has 21 heavy (non-hydrogen) atoms. The number of nitrogens with one attached hydrogen (secondary N) is 1. The molecule has 1 amide bonds. The molecule has 0 bridgehead atoms. The average molecular weight is 291 g/mol. The molecule has 1 rings (SSSR count). The number of ether oxygens (including phenoxy) is 1. The summed E-state index contributed by atoms with van der Waals surface area (Å²) in [7, 11) is 1.59. The topological polar surface area (TPSA) is 75.6 Å². The zero-order valence-corrected chi connectivity index (χ0v) is 12.8. The Balaban J connectivity index is 2.89. The van der Waals surface area contributed by atoms with E-state index in [2.05, 4.69) is 5.32 Å². The molecular weight excluding hydrogens is 270 g/mol. The Kier molecular flexibility index (Phi) is 5.96. The molecule has 2 N–H and O–H groups in total. The smallest absolute Gasteiger partial charge is 0.331 e. The van der Waals surface area contributed by atoms with Crippen LogP contribution in [0.1, 0.15) is 38.8 Å². The largest absolute Gasteiger partial charge is 0.497 e. The van der Waals surface area contributed by atoms with E-state index in [4.69, 9.17) is 9.84 Å². The van der Waals surface area contributed by atoms with Gasteiger partial charge in [0.2, 0.25) is 5.91 Å². The van der Waals surface area contributed by atoms with Gasteiger partial charge in [0, 0.05) is 11.1 Å². The molecule has 0 heterocycles. The lowest BCUT2D eigenvalue weighted by Crippen LogP contribution is -2.29. The van der Waals surface area contributed by atoms with E-state index < -0.39 is 5.97 Å². The van der Waals surface area contributed by atoms with Gasteiger partial charge in [-0.05, 0) is 38.0 Å². The third-order valence-electron chi connectivity index (χ3n) is 3.46. The standard InChI is InChI=1S/C16H21NO4/c1-5-14(12-6-8-13(21-4)9-7-12)17-15(18)10(2)11(3)16(19)20/h6-9,14H,5H2,1-4H3,(H,17,18)(H,19,20). The highest BCUT2D eigenvalue weighted by molar-refractivity contribution is 6.01. The maximum absolute atomic E-state index is 12.1. The summed E-state index contributed by atoms with van der Waals surface area (Å²) in [6.07, 6.45) is 0.706. The molecule has 5 heteroatoms. The fourth-order valence-electron chi connectivity index (χ4n) is 1.85. The van der Waals surface area contributed by atoms with E-state index in [1.54, 1.807) is 7.11 Å². The van der Waals surface area contributed by atoms with Crippen LogP contribution < -0.4 is 10.1 Å². The van der Waals surface area contributed by atoms with E-state index in [-0.39, 0.29) is 23.1 Å². The van der Waals surface area contributed by atoms with Crippen molar-refractivity contribution in [2.45, 2.75) is 33.2 Å². The number of benzene rings is 1. The molecular formula is C16H21NO4. The summed E-state index contributed by atoms with van der Waals surface area (Å²) in [5.74, 6) is -0.699. The Morgan fingerprint density at radius 3 is 2.19 bits per heavy atom. The second-order valence-electron chi connectivity index (χ2n) is 4.76. The van der Waals surface area contributed by atoms with Crippen LogP contribution in [0.3, 0.4) is 0 Å². The first-order valence-corrected chi connectivity index (χ1v) is 6.76. The van der Waals surface area contributed by atoms with Crippen molar-refractivity contribution in [3.63, 3.8) is 0 Å². The highest BCUT2D eigenvalue weighted by Gasteiger charge is 2.17. The predicted octanol–water partition coefficient (Wildman–Crippen LogP) is 2.68. The summed E-state index contributed by atoms with van der Waals surface area (Å²) in [5.41, 5.74) is 1.22. The number of carboxylic acids is 1. The van der Waals surface area contributed by atoms with Crippen LogP contribution in [-0.4, -0.2) is 24.1 Å². The van der Waals surface area contributed by atoms with E-state index in [0.717, 1.165) is 11.3 Å². The van der Waals surface area contributed by atoms with Crippen LogP contribution in [0.25, 0.3) is 0 Å². The van der Waals surface area contributed by atoms with Gasteiger partial charge in [-0.25, -0.2) is 4.79 Å². The van der Waals surface area contributed by atoms with Crippen molar-refractivity contribution in [1.29, 1.82) is 0 Å². The molecule has 1 aromatic rings. The van der Waals surface area contributed by atoms with Crippen molar-refractivity contribution in [2.75, 3.05) is 7.11 Å². The molecule has 1 aromatic carbocycles. The molecule has 0 aliphatic rings. The fraction of sp³-hybridized carbons (Fsp3) is 0.375. The molecule has 0 aromatic heterocycles. The molecule has 0 saturated carbocycles. The summed E-state index contributed by atoms with van der Waals surface area (Å²) in [6.45, 7) is 4.89. The molecule has 114 valence electrons. The van der Waals surface area contributed by atoms with Gasteiger partial charge in [-0.1, -0.05) is 19.1 Å². The van der Waals surface area contributed by atoms with Crippen LogP contribution in [0.4, 0.5) is 0 Å². The molecule has 5 nitrogen and oxygen atoms in total. The van der Waals surface area contributed by atoms with Crippen LogP contribution in [0.2, 0.25) is 0 Å². The second-order valence-corrected chi connectivity index (χ2v) is 4.76. The van der Waals surface area contributed by atoms with Gasteiger partial charge in [-0.3, -0.25) is 4.79 Å². The number of aliphatic carboxylic acids is 1. The summed E-state index contributed by atoms with van der Waals surface area (Å²) in [5, 5.41) is 11.8. The van der Waals surface area contributed by atoms with Crippen molar-refractivity contribution in [1.82, 2.24) is 5.32 Å². The maximum Gasteiger partial charge on any atom is 0.331 e. The number of hydrogen-bond donors (Lipinski definition) is 2. The van der Waals surface area contributed by atoms with Gasteiger partial charge >= 0.3 is 5.97 Å². The fourth-order valence-corrected chi connectivity index (χ4v) is 1.85. The minimum atomic E-state index is -1.08. The van der Waals surface area contributed by atoms with Crippen molar-refractivity contribution in [3.8, 4) is 5.75 Å². The predicted molar refractivity (Wildman–Crippen MR) is 80.2 cm³/mol. The third-order valence-corrected chi connectivity index (χ3v) is 3.46. The van der Waals surface area contributed by atoms with Crippen molar-refractivity contribution in [2.24, 2.45) is 0 Å². The Labute approximate surface area is 124 Å². The lowest BCUT2D eigenvalue weighted by atomic mass is 10.0. The highest BCUT2D eigenvalue weighted by atomic mass is 16.5. The first-order chi connectivity index (χ1) is 9.90. The van der Waals surface area contributed by atoms with Crippen LogP contribution >= 0.6 is 0 Å². The zero-order chi connectivity index (χ0) is 16.0. The van der Waals surface area contributed by atoms with Crippen LogP contribution in [0.5, 0.6) is 5.75 Å². The van der Waals surface area contributed by atoms with E-state index in [0.29, 0.717) is 6.42 Å². The highest BCUT2D eigenvalue weighted by Crippen LogP contribution is 2.20. The summed E-state index contributed by atoms with van der Waals surface area (Å²) in [4.78, 5) is 23.0. The van der Waals surface area contributed by atoms with E-state index >= 15 is 0 Å². The Morgan fingerprint density at radius 1 is 1.19 bits per heavy atom. The van der Waals surface area contributed by atoms with Crippen LogP contribution in [-0.2, 0) is 9.59 Å². The lowest BCUT2D eigenvalue weighted by molar-refractivity contribution is -0.133. The lowest BCUT2D eigenvalue weighted by Gasteiger charge is -2.18. The van der Waals surface area contributed by atoms with Gasteiger partial charge < -0.3 is 15.2 Å². The molecule has 0 fully saturated rings. The number of hydrogen-bond acceptors (Lipinski definition) is 3. The zero-order valence-electron chi connectivity index (χ0n) is 12.8. The number of rotatable bonds is 6. The van der Waals surface area contributed by atoms with E-state index in [9.17, 15) is 9.59 Å². The summed E-state index contributed by atoms with van der Waals surface area (Å²) in [6, 6.07) is 7.26. The number of methoxy groups -OCH3 is 1. The van der Waals surface area contributed by atoms with E-state index in [1.807, 2.05) is 31.2 Å². The van der Waals surface area contributed by atoms with Crippen molar-refractivity contribution >= 4 is 11.9 Å². The molecule has 0 saturated heterocycles.